The number of nitrogens with one attached hydrogen (secondary N) is 2. The largest absolute Gasteiger partial charge is 0.336 e. The van der Waals surface area contributed by atoms with Crippen molar-refractivity contribution in [2.75, 3.05) is 49.5 Å². The van der Waals surface area contributed by atoms with E-state index >= 15 is 0 Å². The van der Waals surface area contributed by atoms with Crippen molar-refractivity contribution in [2.24, 2.45) is 0 Å². The van der Waals surface area contributed by atoms with E-state index in [-0.39, 0.29) is 12.1 Å². The van der Waals surface area contributed by atoms with Crippen LogP contribution in [-0.2, 0) is 0 Å². The van der Waals surface area contributed by atoms with Crippen LogP contribution in [0.3, 0.4) is 0 Å². The van der Waals surface area contributed by atoms with Crippen molar-refractivity contribution in [1.29, 1.82) is 0 Å². The van der Waals surface area contributed by atoms with Gasteiger partial charge < -0.3 is 15.5 Å². The lowest BCUT2D eigenvalue weighted by Gasteiger charge is -2.37. The molecule has 0 saturated carbocycles. The number of urea groups is 2. The van der Waals surface area contributed by atoms with Gasteiger partial charge in [0.2, 0.25) is 0 Å². The van der Waals surface area contributed by atoms with Crippen LogP contribution >= 0.6 is 0 Å². The lowest BCUT2D eigenvalue weighted by atomic mass is 10.0. The maximum absolute atomic E-state index is 12.7. The number of likely N-dealkylation sites (tertiary alicyclic amines) is 2. The second-order valence-corrected chi connectivity index (χ2v) is 7.35. The van der Waals surface area contributed by atoms with Gasteiger partial charge in [0, 0.05) is 43.6 Å². The van der Waals surface area contributed by atoms with Crippen LogP contribution in [0, 0.1) is 0 Å². The van der Waals surface area contributed by atoms with Gasteiger partial charge in [-0.15, -0.1) is 0 Å². The summed E-state index contributed by atoms with van der Waals surface area (Å²) in [5.41, 5.74) is 1.54. The van der Waals surface area contributed by atoms with Crippen LogP contribution in [-0.4, -0.2) is 67.2 Å². The Morgan fingerprint density at radius 1 is 1.12 bits per heavy atom. The molecule has 140 valence electrons. The summed E-state index contributed by atoms with van der Waals surface area (Å²) in [7, 11) is 0. The average Bonchev–Trinajstić information content (AvgIpc) is 3.34. The van der Waals surface area contributed by atoms with Gasteiger partial charge in [-0.1, -0.05) is 6.07 Å². The summed E-state index contributed by atoms with van der Waals surface area (Å²) < 4.78 is 0. The van der Waals surface area contributed by atoms with Crippen LogP contribution in [0.1, 0.15) is 25.7 Å². The quantitative estimate of drug-likeness (QED) is 0.872. The third-order valence-electron chi connectivity index (χ3n) is 5.61. The van der Waals surface area contributed by atoms with Gasteiger partial charge >= 0.3 is 12.1 Å². The highest BCUT2D eigenvalue weighted by Crippen LogP contribution is 2.23. The van der Waals surface area contributed by atoms with Crippen LogP contribution in [0.15, 0.2) is 24.3 Å². The second kappa shape index (κ2) is 7.53. The molecule has 0 spiro atoms. The zero-order chi connectivity index (χ0) is 17.9. The molecule has 1 aromatic rings. The molecule has 0 bridgehead atoms. The van der Waals surface area contributed by atoms with Crippen molar-refractivity contribution < 1.29 is 9.59 Å². The van der Waals surface area contributed by atoms with E-state index in [2.05, 4.69) is 15.5 Å². The van der Waals surface area contributed by atoms with Crippen molar-refractivity contribution in [3.05, 3.63) is 24.3 Å². The van der Waals surface area contributed by atoms with Gasteiger partial charge in [-0.2, -0.15) is 0 Å². The highest BCUT2D eigenvalue weighted by Gasteiger charge is 2.29. The van der Waals surface area contributed by atoms with E-state index in [1.54, 1.807) is 4.90 Å². The molecule has 7 heteroatoms. The minimum absolute atomic E-state index is 0.0445. The maximum Gasteiger partial charge on any atom is 0.321 e. The first-order chi connectivity index (χ1) is 12.7. The Balaban J connectivity index is 1.39. The fourth-order valence-corrected chi connectivity index (χ4v) is 4.22. The smallest absolute Gasteiger partial charge is 0.321 e. The molecule has 3 heterocycles. The Labute approximate surface area is 154 Å². The molecule has 26 heavy (non-hydrogen) atoms. The number of carbonyl (C=O) groups excluding carboxylic acids is 2. The SMILES string of the molecule is O=C(Nc1cccc(N2CCNC2=O)c1)N1CCC[C@@H](N2CCCC2)C1. The minimum atomic E-state index is -0.0852. The highest BCUT2D eigenvalue weighted by molar-refractivity contribution is 5.95. The Hall–Kier alpha value is -2.28. The Bertz CT molecular complexity index is 674. The molecule has 3 aliphatic heterocycles. The molecule has 4 amide bonds. The predicted octanol–water partition coefficient (Wildman–Crippen LogP) is 2.31. The van der Waals surface area contributed by atoms with Gasteiger partial charge in [0.25, 0.3) is 0 Å². The fourth-order valence-electron chi connectivity index (χ4n) is 4.22. The highest BCUT2D eigenvalue weighted by atomic mass is 16.2. The zero-order valence-electron chi connectivity index (χ0n) is 15.1. The van der Waals surface area contributed by atoms with Crippen LogP contribution < -0.4 is 15.5 Å². The third kappa shape index (κ3) is 3.62. The lowest BCUT2D eigenvalue weighted by molar-refractivity contribution is 0.132. The number of amides is 4. The molecule has 1 aromatic carbocycles. The standard InChI is InChI=1S/C19H27N5O2/c25-18-20-8-12-24(18)16-6-3-5-15(13-16)21-19(26)23-11-4-7-17(14-23)22-9-1-2-10-22/h3,5-6,13,17H,1-2,4,7-12,14H2,(H,20,25)(H,21,26)/t17-/m1/s1. The van der Waals surface area contributed by atoms with Crippen LogP contribution in [0.2, 0.25) is 0 Å². The number of carbonyl (C=O) groups is 2. The van der Waals surface area contributed by atoms with Crippen molar-refractivity contribution >= 4 is 23.4 Å². The van der Waals surface area contributed by atoms with E-state index in [4.69, 9.17) is 0 Å². The molecule has 0 radical (unpaired) electrons. The van der Waals surface area contributed by atoms with E-state index in [1.165, 1.54) is 32.4 Å². The van der Waals surface area contributed by atoms with E-state index in [0.717, 1.165) is 30.9 Å². The Morgan fingerprint density at radius 2 is 1.96 bits per heavy atom. The molecule has 3 aliphatic rings. The summed E-state index contributed by atoms with van der Waals surface area (Å²) in [4.78, 5) is 30.7. The number of nitrogens with zero attached hydrogens (tertiary/aromatic N) is 3. The van der Waals surface area contributed by atoms with Crippen molar-refractivity contribution in [1.82, 2.24) is 15.1 Å². The first-order valence-electron chi connectivity index (χ1n) is 9.66. The first-order valence-corrected chi connectivity index (χ1v) is 9.66. The summed E-state index contributed by atoms with van der Waals surface area (Å²) >= 11 is 0. The molecule has 1 atom stereocenters. The van der Waals surface area contributed by atoms with Gasteiger partial charge in [-0.05, 0) is 57.0 Å². The van der Waals surface area contributed by atoms with E-state index < -0.39 is 0 Å². The monoisotopic (exact) mass is 357 g/mol. The summed E-state index contributed by atoms with van der Waals surface area (Å²) in [6.07, 6.45) is 4.80. The summed E-state index contributed by atoms with van der Waals surface area (Å²) in [5.74, 6) is 0. The molecule has 3 saturated heterocycles. The molecule has 4 rings (SSSR count). The topological polar surface area (TPSA) is 67.9 Å². The summed E-state index contributed by atoms with van der Waals surface area (Å²) in [5, 5.41) is 5.81. The average molecular weight is 357 g/mol. The van der Waals surface area contributed by atoms with E-state index in [0.29, 0.717) is 19.1 Å². The molecular formula is C19H27N5O2. The summed E-state index contributed by atoms with van der Waals surface area (Å²) in [6.45, 7) is 5.26. The molecule has 3 fully saturated rings. The third-order valence-corrected chi connectivity index (χ3v) is 5.61. The van der Waals surface area contributed by atoms with E-state index in [9.17, 15) is 9.59 Å². The molecule has 0 unspecified atom stereocenters. The van der Waals surface area contributed by atoms with Crippen LogP contribution in [0.25, 0.3) is 0 Å². The van der Waals surface area contributed by atoms with Gasteiger partial charge in [-0.3, -0.25) is 9.80 Å². The normalized spacial score (nSPS) is 24.0. The Morgan fingerprint density at radius 3 is 2.73 bits per heavy atom. The molecular weight excluding hydrogens is 330 g/mol. The van der Waals surface area contributed by atoms with Gasteiger partial charge in [-0.25, -0.2) is 9.59 Å². The van der Waals surface area contributed by atoms with Crippen molar-refractivity contribution in [3.8, 4) is 0 Å². The number of piperidine rings is 1. The second-order valence-electron chi connectivity index (χ2n) is 7.35. The molecule has 0 aliphatic carbocycles. The van der Waals surface area contributed by atoms with Gasteiger partial charge in [0.05, 0.1) is 0 Å². The Kier molecular flexibility index (Phi) is 4.97. The summed E-state index contributed by atoms with van der Waals surface area (Å²) in [6, 6.07) is 7.87. The van der Waals surface area contributed by atoms with Gasteiger partial charge in [0.1, 0.15) is 0 Å². The minimum Gasteiger partial charge on any atom is -0.336 e. The number of benzene rings is 1. The van der Waals surface area contributed by atoms with Crippen molar-refractivity contribution in [3.63, 3.8) is 0 Å². The fraction of sp³-hybridized carbons (Fsp3) is 0.579. The van der Waals surface area contributed by atoms with Crippen LogP contribution in [0.4, 0.5) is 21.0 Å². The lowest BCUT2D eigenvalue weighted by Crippen LogP contribution is -2.50. The number of hydrogen-bond acceptors (Lipinski definition) is 3. The molecule has 0 aromatic heterocycles. The van der Waals surface area contributed by atoms with Gasteiger partial charge in [0.15, 0.2) is 0 Å². The number of rotatable bonds is 3. The van der Waals surface area contributed by atoms with Crippen LogP contribution in [0.5, 0.6) is 0 Å². The zero-order valence-corrected chi connectivity index (χ0v) is 15.1. The molecule has 7 nitrogen and oxygen atoms in total. The molecule has 2 N–H and O–H groups in total. The maximum atomic E-state index is 12.7. The van der Waals surface area contributed by atoms with E-state index in [1.807, 2.05) is 29.2 Å². The van der Waals surface area contributed by atoms with Crippen molar-refractivity contribution in [2.45, 2.75) is 31.7 Å². The first kappa shape index (κ1) is 17.1. The predicted molar refractivity (Wildman–Crippen MR) is 102 cm³/mol. The number of anilines is 2. The number of hydrogen-bond donors (Lipinski definition) is 2.